The molecule has 0 fully saturated rings. The molecule has 0 unspecified atom stereocenters. The second kappa shape index (κ2) is 7.14. The number of halogens is 2. The smallest absolute Gasteiger partial charge is 0.244 e. The van der Waals surface area contributed by atoms with Crippen LogP contribution in [0.3, 0.4) is 0 Å². The fourth-order valence-electron chi connectivity index (χ4n) is 1.54. The molecule has 8 heteroatoms. The van der Waals surface area contributed by atoms with E-state index < -0.39 is 10.0 Å². The summed E-state index contributed by atoms with van der Waals surface area (Å²) in [5.41, 5.74) is 0.904. The van der Waals surface area contributed by atoms with E-state index in [2.05, 4.69) is 31.9 Å². The van der Waals surface area contributed by atoms with Crippen molar-refractivity contribution in [2.45, 2.75) is 11.8 Å². The zero-order chi connectivity index (χ0) is 14.6. The molecule has 0 atom stereocenters. The lowest BCUT2D eigenvalue weighted by Gasteiger charge is -2.21. The van der Waals surface area contributed by atoms with Gasteiger partial charge in [0, 0.05) is 22.0 Å². The van der Waals surface area contributed by atoms with Crippen LogP contribution in [-0.4, -0.2) is 49.2 Å². The molecule has 0 spiro atoms. The predicted octanol–water partition coefficient (Wildman–Crippen LogP) is 1.50. The maximum Gasteiger partial charge on any atom is 0.244 e. The van der Waals surface area contributed by atoms with Gasteiger partial charge in [0.15, 0.2) is 0 Å². The molecule has 2 N–H and O–H groups in total. The Bertz CT molecular complexity index is 542. The van der Waals surface area contributed by atoms with Crippen molar-refractivity contribution in [3.8, 4) is 0 Å². The quantitative estimate of drug-likeness (QED) is 0.736. The van der Waals surface area contributed by atoms with Crippen LogP contribution in [0.15, 0.2) is 26.0 Å². The second-order valence-corrected chi connectivity index (χ2v) is 7.50. The maximum absolute atomic E-state index is 12.4. The molecule has 19 heavy (non-hydrogen) atoms. The van der Waals surface area contributed by atoms with Crippen LogP contribution >= 0.6 is 31.9 Å². The minimum atomic E-state index is -3.76. The van der Waals surface area contributed by atoms with Gasteiger partial charge in [0.25, 0.3) is 0 Å². The zero-order valence-electron chi connectivity index (χ0n) is 10.3. The van der Waals surface area contributed by atoms with Crippen LogP contribution in [0.5, 0.6) is 0 Å². The summed E-state index contributed by atoms with van der Waals surface area (Å²) >= 11 is 6.53. The summed E-state index contributed by atoms with van der Waals surface area (Å²) in [5, 5.41) is 17.9. The van der Waals surface area contributed by atoms with E-state index in [-0.39, 0.29) is 31.2 Å². The Morgan fingerprint density at radius 3 is 2.11 bits per heavy atom. The van der Waals surface area contributed by atoms with Gasteiger partial charge in [0.05, 0.1) is 18.1 Å². The van der Waals surface area contributed by atoms with Gasteiger partial charge in [-0.05, 0) is 40.5 Å². The predicted molar refractivity (Wildman–Crippen MR) is 79.5 cm³/mol. The van der Waals surface area contributed by atoms with Crippen molar-refractivity contribution < 1.29 is 18.6 Å². The number of aliphatic hydroxyl groups is 2. The summed E-state index contributed by atoms with van der Waals surface area (Å²) in [4.78, 5) is 0.104. The summed E-state index contributed by atoms with van der Waals surface area (Å²) < 4.78 is 27.1. The molecule has 1 aromatic carbocycles. The lowest BCUT2D eigenvalue weighted by Crippen LogP contribution is -2.36. The molecule has 1 aromatic rings. The van der Waals surface area contributed by atoms with E-state index in [4.69, 9.17) is 10.2 Å². The van der Waals surface area contributed by atoms with E-state index in [0.29, 0.717) is 8.95 Å². The molecule has 0 saturated heterocycles. The van der Waals surface area contributed by atoms with E-state index >= 15 is 0 Å². The Hall–Kier alpha value is 0.01000. The van der Waals surface area contributed by atoms with E-state index in [0.717, 1.165) is 9.87 Å². The molecule has 0 bridgehead atoms. The molecule has 1 rings (SSSR count). The Kier molecular flexibility index (Phi) is 6.41. The van der Waals surface area contributed by atoms with Gasteiger partial charge < -0.3 is 10.2 Å². The van der Waals surface area contributed by atoms with Crippen LogP contribution in [0.4, 0.5) is 0 Å². The van der Waals surface area contributed by atoms with E-state index in [9.17, 15) is 8.42 Å². The molecule has 0 aliphatic heterocycles. The fourth-order valence-corrected chi connectivity index (χ4v) is 4.60. The van der Waals surface area contributed by atoms with Gasteiger partial charge >= 0.3 is 0 Å². The number of hydrogen-bond acceptors (Lipinski definition) is 4. The van der Waals surface area contributed by atoms with Gasteiger partial charge in [-0.3, -0.25) is 0 Å². The topological polar surface area (TPSA) is 77.8 Å². The largest absolute Gasteiger partial charge is 0.395 e. The molecular formula is C11H15Br2NO4S. The molecule has 0 amide bonds. The van der Waals surface area contributed by atoms with Crippen molar-refractivity contribution >= 4 is 41.9 Å². The van der Waals surface area contributed by atoms with Crippen LogP contribution < -0.4 is 0 Å². The normalized spacial score (nSPS) is 12.1. The zero-order valence-corrected chi connectivity index (χ0v) is 14.3. The first-order valence-corrected chi connectivity index (χ1v) is 8.54. The standard InChI is InChI=1S/C11H15Br2NO4S/c1-8-6-10(13)11(7-9(8)12)19(17,18)14(2-4-15)3-5-16/h6-7,15-16H,2-5H2,1H3. The van der Waals surface area contributed by atoms with Crippen molar-refractivity contribution in [2.24, 2.45) is 0 Å². The molecule has 0 aliphatic rings. The van der Waals surface area contributed by atoms with Gasteiger partial charge in [-0.25, -0.2) is 8.42 Å². The molecule has 5 nitrogen and oxygen atoms in total. The number of aryl methyl sites for hydroxylation is 1. The Balaban J connectivity index is 3.28. The summed E-state index contributed by atoms with van der Waals surface area (Å²) in [6.07, 6.45) is 0. The average molecular weight is 417 g/mol. The molecule has 0 radical (unpaired) electrons. The minimum Gasteiger partial charge on any atom is -0.395 e. The summed E-state index contributed by atoms with van der Waals surface area (Å²) in [6, 6.07) is 3.21. The first-order valence-electron chi connectivity index (χ1n) is 5.52. The van der Waals surface area contributed by atoms with Crippen LogP contribution in [0, 0.1) is 6.92 Å². The van der Waals surface area contributed by atoms with Gasteiger partial charge in [-0.1, -0.05) is 15.9 Å². The molecular weight excluding hydrogens is 402 g/mol. The minimum absolute atomic E-state index is 0.0547. The number of sulfonamides is 1. The second-order valence-electron chi connectivity index (χ2n) is 3.88. The first kappa shape index (κ1) is 17.1. The van der Waals surface area contributed by atoms with Gasteiger partial charge in [0.1, 0.15) is 0 Å². The Morgan fingerprint density at radius 1 is 1.11 bits per heavy atom. The van der Waals surface area contributed by atoms with Crippen molar-refractivity contribution in [1.29, 1.82) is 0 Å². The lowest BCUT2D eigenvalue weighted by atomic mass is 10.2. The van der Waals surface area contributed by atoms with Crippen LogP contribution in [0.1, 0.15) is 5.56 Å². The SMILES string of the molecule is Cc1cc(Br)c(S(=O)(=O)N(CCO)CCO)cc1Br. The van der Waals surface area contributed by atoms with E-state index in [1.807, 2.05) is 6.92 Å². The van der Waals surface area contributed by atoms with Crippen LogP contribution in [0.2, 0.25) is 0 Å². The summed E-state index contributed by atoms with van der Waals surface area (Å²) in [6.45, 7) is 1.14. The lowest BCUT2D eigenvalue weighted by molar-refractivity contribution is 0.217. The van der Waals surface area contributed by atoms with E-state index in [1.54, 1.807) is 6.07 Å². The highest BCUT2D eigenvalue weighted by molar-refractivity contribution is 9.11. The molecule has 108 valence electrons. The van der Waals surface area contributed by atoms with Crippen molar-refractivity contribution in [3.05, 3.63) is 26.6 Å². The molecule has 0 aliphatic carbocycles. The third-order valence-corrected chi connectivity index (χ3v) is 6.24. The van der Waals surface area contributed by atoms with Crippen molar-refractivity contribution in [3.63, 3.8) is 0 Å². The maximum atomic E-state index is 12.4. The average Bonchev–Trinajstić information content (AvgIpc) is 2.33. The van der Waals surface area contributed by atoms with Gasteiger partial charge in [-0.2, -0.15) is 4.31 Å². The molecule has 0 saturated carbocycles. The monoisotopic (exact) mass is 415 g/mol. The Morgan fingerprint density at radius 2 is 1.63 bits per heavy atom. The highest BCUT2D eigenvalue weighted by Gasteiger charge is 2.26. The molecule has 0 aromatic heterocycles. The Labute approximate surface area is 129 Å². The number of hydrogen-bond donors (Lipinski definition) is 2. The number of benzene rings is 1. The third-order valence-electron chi connectivity index (χ3n) is 2.53. The van der Waals surface area contributed by atoms with Crippen molar-refractivity contribution in [2.75, 3.05) is 26.3 Å². The van der Waals surface area contributed by atoms with Gasteiger partial charge in [-0.15, -0.1) is 0 Å². The first-order chi connectivity index (χ1) is 8.84. The van der Waals surface area contributed by atoms with Crippen LogP contribution in [0.25, 0.3) is 0 Å². The number of aliphatic hydroxyl groups excluding tert-OH is 2. The summed E-state index contributed by atoms with van der Waals surface area (Å²) in [5.74, 6) is 0. The fraction of sp³-hybridized carbons (Fsp3) is 0.455. The number of rotatable bonds is 6. The van der Waals surface area contributed by atoms with Crippen molar-refractivity contribution in [1.82, 2.24) is 4.31 Å². The van der Waals surface area contributed by atoms with Crippen LogP contribution in [-0.2, 0) is 10.0 Å². The highest BCUT2D eigenvalue weighted by Crippen LogP contribution is 2.30. The summed E-state index contributed by atoms with van der Waals surface area (Å²) in [7, 11) is -3.76. The van der Waals surface area contributed by atoms with E-state index in [1.165, 1.54) is 6.07 Å². The van der Waals surface area contributed by atoms with Gasteiger partial charge in [0.2, 0.25) is 10.0 Å². The third kappa shape index (κ3) is 3.99. The molecule has 0 heterocycles. The number of nitrogens with zero attached hydrogens (tertiary/aromatic N) is 1. The highest BCUT2D eigenvalue weighted by atomic mass is 79.9.